The summed E-state index contributed by atoms with van der Waals surface area (Å²) in [5, 5.41) is 0.404. The first kappa shape index (κ1) is 14.3. The van der Waals surface area contributed by atoms with E-state index in [9.17, 15) is 13.2 Å². The smallest absolute Gasteiger partial charge is 0.246 e. The Labute approximate surface area is 117 Å². The molecule has 0 aliphatic carbocycles. The van der Waals surface area contributed by atoms with E-state index in [-0.39, 0.29) is 35.4 Å². The van der Waals surface area contributed by atoms with Crippen LogP contribution in [-0.4, -0.2) is 38.7 Å². The number of benzene rings is 1. The Morgan fingerprint density at radius 3 is 2.58 bits per heavy atom. The van der Waals surface area contributed by atoms with Gasteiger partial charge in [0, 0.05) is 30.1 Å². The molecule has 1 aromatic carbocycles. The summed E-state index contributed by atoms with van der Waals surface area (Å²) in [5.74, 6) is 0.0152. The normalized spacial score (nSPS) is 17.0. The van der Waals surface area contributed by atoms with Crippen molar-refractivity contribution in [3.63, 3.8) is 0 Å². The lowest BCUT2D eigenvalue weighted by molar-refractivity contribution is -0.123. The lowest BCUT2D eigenvalue weighted by Crippen LogP contribution is -2.52. The first-order valence-corrected chi connectivity index (χ1v) is 7.52. The average molecular weight is 304 g/mol. The molecule has 0 amide bonds. The van der Waals surface area contributed by atoms with Crippen molar-refractivity contribution in [2.45, 2.75) is 11.8 Å². The number of sulfonamides is 1. The second-order valence-electron chi connectivity index (χ2n) is 4.42. The number of carbonyl (C=O) groups is 1. The molecule has 7 heteroatoms. The predicted molar refractivity (Wildman–Crippen MR) is 70.9 cm³/mol. The number of Topliss-reactive ketones (excluding diaryl/α,β-unsaturated/α-hetero) is 1. The molecule has 1 aliphatic heterocycles. The Kier molecular flexibility index (Phi) is 3.85. The van der Waals surface area contributed by atoms with Gasteiger partial charge in [-0.1, -0.05) is 11.6 Å². The zero-order valence-corrected chi connectivity index (χ0v) is 12.2. The van der Waals surface area contributed by atoms with Gasteiger partial charge < -0.3 is 4.74 Å². The number of halogens is 1. The van der Waals surface area contributed by atoms with Gasteiger partial charge in [-0.3, -0.25) is 4.79 Å². The zero-order valence-electron chi connectivity index (χ0n) is 10.6. The van der Waals surface area contributed by atoms with Gasteiger partial charge in [0.2, 0.25) is 10.0 Å². The van der Waals surface area contributed by atoms with Crippen molar-refractivity contribution >= 4 is 27.4 Å². The van der Waals surface area contributed by atoms with E-state index in [2.05, 4.69) is 0 Å². The topological polar surface area (TPSA) is 63.7 Å². The second kappa shape index (κ2) is 5.11. The van der Waals surface area contributed by atoms with Crippen LogP contribution >= 0.6 is 11.6 Å². The van der Waals surface area contributed by atoms with Crippen LogP contribution in [0.25, 0.3) is 0 Å². The van der Waals surface area contributed by atoms with Crippen molar-refractivity contribution in [3.8, 4) is 5.75 Å². The summed E-state index contributed by atoms with van der Waals surface area (Å²) in [7, 11) is -2.24. The molecule has 1 heterocycles. The van der Waals surface area contributed by atoms with Gasteiger partial charge >= 0.3 is 0 Å². The van der Waals surface area contributed by atoms with E-state index in [0.29, 0.717) is 5.02 Å². The van der Waals surface area contributed by atoms with Crippen LogP contribution in [0, 0.1) is 5.92 Å². The Morgan fingerprint density at radius 2 is 2.05 bits per heavy atom. The molecule has 0 atom stereocenters. The van der Waals surface area contributed by atoms with Gasteiger partial charge in [0.05, 0.1) is 7.11 Å². The molecule has 0 saturated carbocycles. The SMILES string of the molecule is COc1cc(Cl)ccc1S(=O)(=O)N1CC(C(C)=O)C1. The van der Waals surface area contributed by atoms with Gasteiger partial charge in [0.1, 0.15) is 16.4 Å². The fourth-order valence-electron chi connectivity index (χ4n) is 1.89. The minimum Gasteiger partial charge on any atom is -0.495 e. The summed E-state index contributed by atoms with van der Waals surface area (Å²) in [5.41, 5.74) is 0. The molecular weight excluding hydrogens is 290 g/mol. The van der Waals surface area contributed by atoms with Crippen LogP contribution in [0.4, 0.5) is 0 Å². The van der Waals surface area contributed by atoms with Crippen LogP contribution in [0.5, 0.6) is 5.75 Å². The van der Waals surface area contributed by atoms with Crippen LogP contribution in [0.3, 0.4) is 0 Å². The Bertz CT molecular complexity index is 608. The molecule has 1 fully saturated rings. The first-order chi connectivity index (χ1) is 8.86. The maximum Gasteiger partial charge on any atom is 0.246 e. The average Bonchev–Trinajstić information content (AvgIpc) is 2.25. The molecule has 104 valence electrons. The van der Waals surface area contributed by atoms with E-state index in [1.807, 2.05) is 0 Å². The highest BCUT2D eigenvalue weighted by Crippen LogP contribution is 2.32. The van der Waals surface area contributed by atoms with Crippen molar-refractivity contribution in [1.29, 1.82) is 0 Å². The van der Waals surface area contributed by atoms with Crippen LogP contribution in [0.15, 0.2) is 23.1 Å². The van der Waals surface area contributed by atoms with Crippen molar-refractivity contribution in [1.82, 2.24) is 4.31 Å². The Morgan fingerprint density at radius 1 is 1.42 bits per heavy atom. The molecule has 1 aromatic rings. The molecular formula is C12H14ClNO4S. The van der Waals surface area contributed by atoms with Gasteiger partial charge in [-0.15, -0.1) is 0 Å². The molecule has 0 aromatic heterocycles. The Balaban J connectivity index is 2.29. The van der Waals surface area contributed by atoms with Crippen molar-refractivity contribution in [2.24, 2.45) is 5.92 Å². The quantitative estimate of drug-likeness (QED) is 0.847. The summed E-state index contributed by atoms with van der Waals surface area (Å²) < 4.78 is 31.0. The van der Waals surface area contributed by atoms with Crippen LogP contribution < -0.4 is 4.74 Å². The lowest BCUT2D eigenvalue weighted by atomic mass is 9.99. The molecule has 0 spiro atoms. The number of hydrogen-bond acceptors (Lipinski definition) is 4. The number of hydrogen-bond donors (Lipinski definition) is 0. The maximum atomic E-state index is 12.4. The third kappa shape index (κ3) is 2.61. The molecule has 1 aliphatic rings. The third-order valence-electron chi connectivity index (χ3n) is 3.17. The molecule has 2 rings (SSSR count). The minimum absolute atomic E-state index is 0.00882. The van der Waals surface area contributed by atoms with Gasteiger partial charge in [-0.25, -0.2) is 8.42 Å². The molecule has 5 nitrogen and oxygen atoms in total. The van der Waals surface area contributed by atoms with Gasteiger partial charge in [-0.05, 0) is 19.1 Å². The number of carbonyl (C=O) groups excluding carboxylic acids is 1. The molecule has 0 radical (unpaired) electrons. The van der Waals surface area contributed by atoms with E-state index < -0.39 is 10.0 Å². The fourth-order valence-corrected chi connectivity index (χ4v) is 3.71. The van der Waals surface area contributed by atoms with Gasteiger partial charge in [-0.2, -0.15) is 4.31 Å². The van der Waals surface area contributed by atoms with Crippen LogP contribution in [0.2, 0.25) is 5.02 Å². The molecule has 19 heavy (non-hydrogen) atoms. The summed E-state index contributed by atoms with van der Waals surface area (Å²) in [6.45, 7) is 1.92. The van der Waals surface area contributed by atoms with Crippen molar-refractivity contribution < 1.29 is 17.9 Å². The molecule has 0 unspecified atom stereocenters. The summed E-state index contributed by atoms with van der Waals surface area (Å²) in [4.78, 5) is 11.2. The predicted octanol–water partition coefficient (Wildman–Crippen LogP) is 1.56. The van der Waals surface area contributed by atoms with Crippen LogP contribution in [0.1, 0.15) is 6.92 Å². The summed E-state index contributed by atoms with van der Waals surface area (Å²) in [6, 6.07) is 4.37. The van der Waals surface area contributed by atoms with Gasteiger partial charge in [0.15, 0.2) is 0 Å². The zero-order chi connectivity index (χ0) is 14.2. The third-order valence-corrected chi connectivity index (χ3v) is 5.27. The monoisotopic (exact) mass is 303 g/mol. The largest absolute Gasteiger partial charge is 0.495 e. The minimum atomic E-state index is -3.63. The van der Waals surface area contributed by atoms with E-state index in [4.69, 9.17) is 16.3 Å². The number of ketones is 1. The van der Waals surface area contributed by atoms with Crippen molar-refractivity contribution in [3.05, 3.63) is 23.2 Å². The highest BCUT2D eigenvalue weighted by molar-refractivity contribution is 7.89. The van der Waals surface area contributed by atoms with E-state index in [1.165, 1.54) is 36.5 Å². The molecule has 0 N–H and O–H groups in total. The summed E-state index contributed by atoms with van der Waals surface area (Å²) >= 11 is 5.80. The van der Waals surface area contributed by atoms with Crippen LogP contribution in [-0.2, 0) is 14.8 Å². The van der Waals surface area contributed by atoms with Crippen molar-refractivity contribution in [2.75, 3.05) is 20.2 Å². The number of methoxy groups -OCH3 is 1. The first-order valence-electron chi connectivity index (χ1n) is 5.70. The van der Waals surface area contributed by atoms with E-state index in [0.717, 1.165) is 0 Å². The molecule has 1 saturated heterocycles. The second-order valence-corrected chi connectivity index (χ2v) is 6.77. The number of rotatable bonds is 4. The Hall–Kier alpha value is -1.11. The summed E-state index contributed by atoms with van der Waals surface area (Å²) in [6.07, 6.45) is 0. The highest BCUT2D eigenvalue weighted by atomic mass is 35.5. The fraction of sp³-hybridized carbons (Fsp3) is 0.417. The number of nitrogens with zero attached hydrogens (tertiary/aromatic N) is 1. The maximum absolute atomic E-state index is 12.4. The van der Waals surface area contributed by atoms with Gasteiger partial charge in [0.25, 0.3) is 0 Å². The molecule has 0 bridgehead atoms. The lowest BCUT2D eigenvalue weighted by Gasteiger charge is -2.36. The number of ether oxygens (including phenoxy) is 1. The van der Waals surface area contributed by atoms with E-state index in [1.54, 1.807) is 0 Å². The standard InChI is InChI=1S/C12H14ClNO4S/c1-8(15)9-6-14(7-9)19(16,17)12-4-3-10(13)5-11(12)18-2/h3-5,9H,6-7H2,1-2H3. The highest BCUT2D eigenvalue weighted by Gasteiger charge is 2.39. The van der Waals surface area contributed by atoms with E-state index >= 15 is 0 Å².